The third-order valence-electron chi connectivity index (χ3n) is 0.756. The first-order chi connectivity index (χ1) is 5.13. The molecule has 0 bridgehead atoms. The first kappa shape index (κ1) is 9.49. The highest BCUT2D eigenvalue weighted by molar-refractivity contribution is 5.70. The first-order valence-corrected chi connectivity index (χ1v) is 3.13. The zero-order valence-electron chi connectivity index (χ0n) is 6.32. The van der Waals surface area contributed by atoms with Crippen LogP contribution in [0.1, 0.15) is 6.92 Å². The molecule has 1 rings (SSSR count). The van der Waals surface area contributed by atoms with E-state index < -0.39 is 0 Å². The molecular weight excluding hydrogens is 142 g/mol. The van der Waals surface area contributed by atoms with E-state index in [1.165, 1.54) is 6.92 Å². The van der Waals surface area contributed by atoms with E-state index in [9.17, 15) is 4.79 Å². The molecule has 0 aliphatic carbocycles. The zero-order valence-corrected chi connectivity index (χ0v) is 6.32. The van der Waals surface area contributed by atoms with E-state index in [0.29, 0.717) is 5.75 Å². The Morgan fingerprint density at radius 1 is 1.36 bits per heavy atom. The fraction of sp³-hybridized carbons (Fsp3) is 0.125. The lowest BCUT2D eigenvalue weighted by Crippen LogP contribution is -2.01. The molecule has 0 aliphatic heterocycles. The van der Waals surface area contributed by atoms with E-state index in [2.05, 4.69) is 5.73 Å². The number of benzene rings is 1. The van der Waals surface area contributed by atoms with Gasteiger partial charge in [0.1, 0.15) is 5.75 Å². The smallest absolute Gasteiger partial charge is 0.214 e. The summed E-state index contributed by atoms with van der Waals surface area (Å²) in [5.74, 6) is -0.0116. The van der Waals surface area contributed by atoms with Crippen LogP contribution in [-0.4, -0.2) is 11.0 Å². The first-order valence-electron chi connectivity index (χ1n) is 3.13. The van der Waals surface area contributed by atoms with Crippen LogP contribution in [-0.2, 0) is 4.79 Å². The van der Waals surface area contributed by atoms with Crippen LogP contribution in [0.2, 0.25) is 0 Å². The molecule has 0 heterocycles. The summed E-state index contributed by atoms with van der Waals surface area (Å²) < 4.78 is 0. The highest BCUT2D eigenvalue weighted by Gasteiger charge is 1.74. The molecule has 0 aliphatic rings. The van der Waals surface area contributed by atoms with Gasteiger partial charge < -0.3 is 10.8 Å². The van der Waals surface area contributed by atoms with Gasteiger partial charge in [0.05, 0.1) is 0 Å². The van der Waals surface area contributed by atoms with Crippen LogP contribution in [0.5, 0.6) is 5.75 Å². The van der Waals surface area contributed by atoms with Crippen molar-refractivity contribution < 1.29 is 9.90 Å². The number of para-hydroxylation sites is 1. The molecule has 0 aromatic heterocycles. The largest absolute Gasteiger partial charge is 0.508 e. The molecule has 0 saturated heterocycles. The Morgan fingerprint density at radius 3 is 1.91 bits per heavy atom. The summed E-state index contributed by atoms with van der Waals surface area (Å²) in [6, 6.07) is 8.71. The number of carbonyl (C=O) groups is 1. The number of phenols is 1. The molecule has 0 unspecified atom stereocenters. The quantitative estimate of drug-likeness (QED) is 0.581. The van der Waals surface area contributed by atoms with Crippen molar-refractivity contribution >= 4 is 5.91 Å². The van der Waals surface area contributed by atoms with Gasteiger partial charge in [-0.2, -0.15) is 0 Å². The Hall–Kier alpha value is -1.51. The lowest BCUT2D eigenvalue weighted by molar-refractivity contribution is -0.115. The SMILES string of the molecule is CC(N)=O.Oc1ccccc1. The average Bonchev–Trinajstić information content (AvgIpc) is 1.87. The maximum Gasteiger partial charge on any atom is 0.214 e. The molecule has 1 amide bonds. The molecule has 0 fully saturated rings. The summed E-state index contributed by atoms with van der Waals surface area (Å²) in [5.41, 5.74) is 4.47. The normalized spacial score (nSPS) is 7.73. The average molecular weight is 153 g/mol. The van der Waals surface area contributed by atoms with E-state index in [4.69, 9.17) is 5.11 Å². The highest BCUT2D eigenvalue weighted by atomic mass is 16.3. The van der Waals surface area contributed by atoms with Gasteiger partial charge in [0, 0.05) is 6.92 Å². The Bertz CT molecular complexity index is 205. The molecule has 3 N–H and O–H groups in total. The molecule has 1 aromatic rings. The molecule has 0 radical (unpaired) electrons. The molecule has 11 heavy (non-hydrogen) atoms. The number of amides is 1. The Balaban J connectivity index is 0.000000218. The second kappa shape index (κ2) is 5.29. The molecule has 0 atom stereocenters. The number of primary amides is 1. The van der Waals surface area contributed by atoms with E-state index in [0.717, 1.165) is 0 Å². The summed E-state index contributed by atoms with van der Waals surface area (Å²) in [6.07, 6.45) is 0. The van der Waals surface area contributed by atoms with Gasteiger partial charge in [0.2, 0.25) is 5.91 Å². The van der Waals surface area contributed by atoms with Gasteiger partial charge in [-0.05, 0) is 12.1 Å². The Labute approximate surface area is 65.5 Å². The predicted molar refractivity (Wildman–Crippen MR) is 43.0 cm³/mol. The lowest BCUT2D eigenvalue weighted by Gasteiger charge is -1.82. The monoisotopic (exact) mass is 153 g/mol. The third-order valence-corrected chi connectivity index (χ3v) is 0.756. The van der Waals surface area contributed by atoms with Crippen LogP contribution < -0.4 is 5.73 Å². The van der Waals surface area contributed by atoms with Crippen LogP contribution in [0.4, 0.5) is 0 Å². The minimum absolute atomic E-state index is 0.322. The van der Waals surface area contributed by atoms with Crippen LogP contribution in [0.25, 0.3) is 0 Å². The van der Waals surface area contributed by atoms with Crippen molar-refractivity contribution in [1.82, 2.24) is 0 Å². The topological polar surface area (TPSA) is 63.3 Å². The molecule has 0 spiro atoms. The summed E-state index contributed by atoms with van der Waals surface area (Å²) in [7, 11) is 0. The molecule has 1 aromatic carbocycles. The molecule has 60 valence electrons. The second-order valence-electron chi connectivity index (χ2n) is 1.95. The number of phenolic OH excluding ortho intramolecular Hbond substituents is 1. The Kier molecular flexibility index (Phi) is 4.56. The summed E-state index contributed by atoms with van der Waals surface area (Å²) in [5, 5.41) is 8.63. The van der Waals surface area contributed by atoms with Gasteiger partial charge >= 0.3 is 0 Å². The second-order valence-corrected chi connectivity index (χ2v) is 1.95. The minimum atomic E-state index is -0.333. The van der Waals surface area contributed by atoms with Crippen molar-refractivity contribution in [3.05, 3.63) is 30.3 Å². The number of rotatable bonds is 0. The van der Waals surface area contributed by atoms with Crippen LogP contribution in [0.15, 0.2) is 30.3 Å². The summed E-state index contributed by atoms with van der Waals surface area (Å²) in [4.78, 5) is 9.22. The van der Waals surface area contributed by atoms with Crippen molar-refractivity contribution in [3.8, 4) is 5.75 Å². The summed E-state index contributed by atoms with van der Waals surface area (Å²) in [6.45, 7) is 1.31. The van der Waals surface area contributed by atoms with Gasteiger partial charge in [-0.3, -0.25) is 4.79 Å². The van der Waals surface area contributed by atoms with Gasteiger partial charge in [-0.25, -0.2) is 0 Å². The van der Waals surface area contributed by atoms with Gasteiger partial charge in [-0.1, -0.05) is 18.2 Å². The Morgan fingerprint density at radius 2 is 1.73 bits per heavy atom. The van der Waals surface area contributed by atoms with E-state index in [1.807, 2.05) is 6.07 Å². The van der Waals surface area contributed by atoms with Crippen LogP contribution in [0.3, 0.4) is 0 Å². The number of hydrogen-bond donors (Lipinski definition) is 2. The number of aromatic hydroxyl groups is 1. The molecular formula is C8H11NO2. The fourth-order valence-electron chi connectivity index (χ4n) is 0.428. The van der Waals surface area contributed by atoms with Gasteiger partial charge in [0.15, 0.2) is 0 Å². The van der Waals surface area contributed by atoms with Crippen molar-refractivity contribution in [1.29, 1.82) is 0 Å². The molecule has 0 saturated carbocycles. The third kappa shape index (κ3) is 8.49. The maximum absolute atomic E-state index is 9.22. The van der Waals surface area contributed by atoms with Gasteiger partial charge in [-0.15, -0.1) is 0 Å². The standard InChI is InChI=1S/C6H6O.C2H5NO/c7-6-4-2-1-3-5-6;1-2(3)4/h1-5,7H;1H3,(H2,3,4). The van der Waals surface area contributed by atoms with Gasteiger partial charge in [0.25, 0.3) is 0 Å². The predicted octanol–water partition coefficient (Wildman–Crippen LogP) is 0.884. The lowest BCUT2D eigenvalue weighted by atomic mass is 10.3. The molecule has 3 nitrogen and oxygen atoms in total. The number of carbonyl (C=O) groups excluding carboxylic acids is 1. The van der Waals surface area contributed by atoms with Crippen LogP contribution in [0, 0.1) is 0 Å². The van der Waals surface area contributed by atoms with Crippen molar-refractivity contribution in [3.63, 3.8) is 0 Å². The molecule has 3 heteroatoms. The summed E-state index contributed by atoms with van der Waals surface area (Å²) >= 11 is 0. The van der Waals surface area contributed by atoms with Crippen LogP contribution >= 0.6 is 0 Å². The zero-order chi connectivity index (χ0) is 8.69. The van der Waals surface area contributed by atoms with E-state index >= 15 is 0 Å². The minimum Gasteiger partial charge on any atom is -0.508 e. The maximum atomic E-state index is 9.22. The van der Waals surface area contributed by atoms with Crippen molar-refractivity contribution in [2.24, 2.45) is 5.73 Å². The number of nitrogens with two attached hydrogens (primary N) is 1. The number of hydrogen-bond acceptors (Lipinski definition) is 2. The van der Waals surface area contributed by atoms with E-state index in [1.54, 1.807) is 24.3 Å². The van der Waals surface area contributed by atoms with Crippen molar-refractivity contribution in [2.45, 2.75) is 6.92 Å². The van der Waals surface area contributed by atoms with E-state index in [-0.39, 0.29) is 5.91 Å². The fourth-order valence-corrected chi connectivity index (χ4v) is 0.428. The van der Waals surface area contributed by atoms with Crippen molar-refractivity contribution in [2.75, 3.05) is 0 Å². The highest BCUT2D eigenvalue weighted by Crippen LogP contribution is 2.02.